The van der Waals surface area contributed by atoms with Gasteiger partial charge in [0.1, 0.15) is 0 Å². The van der Waals surface area contributed by atoms with Crippen molar-refractivity contribution in [2.75, 3.05) is 6.54 Å². The number of rotatable bonds is 5. The summed E-state index contributed by atoms with van der Waals surface area (Å²) in [6.45, 7) is -0.349. The van der Waals surface area contributed by atoms with Crippen LogP contribution in [-0.2, 0) is 6.18 Å². The van der Waals surface area contributed by atoms with Gasteiger partial charge in [0.05, 0.1) is 17.4 Å². The van der Waals surface area contributed by atoms with E-state index in [-0.39, 0.29) is 12.1 Å². The van der Waals surface area contributed by atoms with Gasteiger partial charge in [-0.15, -0.1) is 0 Å². The van der Waals surface area contributed by atoms with Crippen molar-refractivity contribution in [3.05, 3.63) is 83.7 Å². The number of carbonyl (C=O) groups excluding carboxylic acids is 1. The minimum Gasteiger partial charge on any atom is -0.387 e. The summed E-state index contributed by atoms with van der Waals surface area (Å²) < 4.78 is 40.7. The summed E-state index contributed by atoms with van der Waals surface area (Å²) in [6, 6.07) is 13.1. The summed E-state index contributed by atoms with van der Waals surface area (Å²) >= 11 is 0. The van der Waals surface area contributed by atoms with Crippen LogP contribution in [0, 0.1) is 0 Å². The van der Waals surface area contributed by atoms with Gasteiger partial charge in [0.25, 0.3) is 5.91 Å². The van der Waals surface area contributed by atoms with Crippen LogP contribution in [-0.4, -0.2) is 27.3 Å². The molecule has 1 atom stereocenters. The number of halogens is 3. The summed E-state index contributed by atoms with van der Waals surface area (Å²) in [6.07, 6.45) is -2.75. The summed E-state index contributed by atoms with van der Waals surface area (Å²) in [4.78, 5) is 12.3. The first-order valence-electron chi connectivity index (χ1n) is 8.09. The third-order valence-electron chi connectivity index (χ3n) is 3.96. The second kappa shape index (κ2) is 7.63. The molecule has 3 rings (SSSR count). The van der Waals surface area contributed by atoms with E-state index in [9.17, 15) is 23.1 Å². The van der Waals surface area contributed by atoms with Crippen LogP contribution in [0.3, 0.4) is 0 Å². The van der Waals surface area contributed by atoms with Crippen LogP contribution in [0.5, 0.6) is 0 Å². The van der Waals surface area contributed by atoms with Crippen molar-refractivity contribution in [1.82, 2.24) is 15.1 Å². The van der Waals surface area contributed by atoms with Crippen molar-refractivity contribution in [1.29, 1.82) is 0 Å². The van der Waals surface area contributed by atoms with Crippen molar-refractivity contribution < 1.29 is 23.1 Å². The van der Waals surface area contributed by atoms with Crippen molar-refractivity contribution in [2.45, 2.75) is 12.3 Å². The number of hydrogen-bond donors (Lipinski definition) is 2. The fourth-order valence-electron chi connectivity index (χ4n) is 2.66. The van der Waals surface area contributed by atoms with E-state index in [0.717, 1.165) is 6.07 Å². The van der Waals surface area contributed by atoms with Crippen molar-refractivity contribution in [2.24, 2.45) is 0 Å². The van der Waals surface area contributed by atoms with Crippen LogP contribution in [0.2, 0.25) is 0 Å². The number of aliphatic hydroxyl groups is 1. The zero-order chi connectivity index (χ0) is 19.4. The highest BCUT2D eigenvalue weighted by Crippen LogP contribution is 2.34. The molecule has 1 heterocycles. The van der Waals surface area contributed by atoms with Gasteiger partial charge in [0.15, 0.2) is 0 Å². The highest BCUT2D eigenvalue weighted by molar-refractivity contribution is 5.94. The third-order valence-corrected chi connectivity index (χ3v) is 3.96. The highest BCUT2D eigenvalue weighted by Gasteiger charge is 2.34. The van der Waals surface area contributed by atoms with E-state index in [2.05, 4.69) is 10.4 Å². The third kappa shape index (κ3) is 4.35. The molecule has 0 spiro atoms. The molecule has 2 N–H and O–H groups in total. The van der Waals surface area contributed by atoms with E-state index >= 15 is 0 Å². The maximum absolute atomic E-state index is 13.0. The first-order chi connectivity index (χ1) is 12.9. The highest BCUT2D eigenvalue weighted by atomic mass is 19.4. The Kier molecular flexibility index (Phi) is 5.27. The number of carbonyl (C=O) groups is 1. The Bertz CT molecular complexity index is 924. The topological polar surface area (TPSA) is 67.2 Å². The lowest BCUT2D eigenvalue weighted by Gasteiger charge is -2.18. The molecule has 0 aliphatic carbocycles. The van der Waals surface area contributed by atoms with Gasteiger partial charge in [0.2, 0.25) is 0 Å². The van der Waals surface area contributed by atoms with Gasteiger partial charge in [0, 0.05) is 24.5 Å². The normalized spacial score (nSPS) is 12.6. The zero-order valence-electron chi connectivity index (χ0n) is 14.0. The minimum atomic E-state index is -4.58. The number of aromatic nitrogens is 2. The largest absolute Gasteiger partial charge is 0.416 e. The lowest BCUT2D eigenvalue weighted by atomic mass is 10.0. The molecule has 0 aliphatic rings. The zero-order valence-corrected chi connectivity index (χ0v) is 14.0. The van der Waals surface area contributed by atoms with Gasteiger partial charge in [-0.05, 0) is 35.9 Å². The molecule has 8 heteroatoms. The van der Waals surface area contributed by atoms with Crippen molar-refractivity contribution in [3.63, 3.8) is 0 Å². The standard InChI is InChI=1S/C19H16F3N3O2/c20-19(21,22)16-8-2-1-7-15(16)17(26)12-23-18(27)13-5-3-6-14(11-13)25-10-4-9-24-25/h1-11,17,26H,12H2,(H,23,27). The second-order valence-electron chi connectivity index (χ2n) is 5.81. The lowest BCUT2D eigenvalue weighted by molar-refractivity contribution is -0.139. The predicted octanol–water partition coefficient (Wildman–Crippen LogP) is 3.35. The van der Waals surface area contributed by atoms with E-state index in [1.807, 2.05) is 0 Å². The van der Waals surface area contributed by atoms with Crippen molar-refractivity contribution >= 4 is 5.91 Å². The van der Waals surface area contributed by atoms with Crippen LogP contribution in [0.25, 0.3) is 5.69 Å². The number of nitrogens with one attached hydrogen (secondary N) is 1. The van der Waals surface area contributed by atoms with E-state index in [1.165, 1.54) is 18.2 Å². The van der Waals surface area contributed by atoms with E-state index in [1.54, 1.807) is 47.4 Å². The average Bonchev–Trinajstić information content (AvgIpc) is 3.20. The van der Waals surface area contributed by atoms with Gasteiger partial charge < -0.3 is 10.4 Å². The molecule has 0 aliphatic heterocycles. The van der Waals surface area contributed by atoms with Crippen LogP contribution in [0.1, 0.15) is 27.6 Å². The van der Waals surface area contributed by atoms with Gasteiger partial charge in [-0.2, -0.15) is 18.3 Å². The van der Waals surface area contributed by atoms with E-state index in [4.69, 9.17) is 0 Å². The molecule has 0 radical (unpaired) electrons. The van der Waals surface area contributed by atoms with Crippen LogP contribution in [0.15, 0.2) is 67.0 Å². The Morgan fingerprint density at radius 2 is 1.93 bits per heavy atom. The Labute approximate surface area is 153 Å². The SMILES string of the molecule is O=C(NCC(O)c1ccccc1C(F)(F)F)c1cccc(-n2cccn2)c1. The number of benzene rings is 2. The molecule has 0 bridgehead atoms. The minimum absolute atomic E-state index is 0.282. The lowest BCUT2D eigenvalue weighted by Crippen LogP contribution is -2.29. The first-order valence-corrected chi connectivity index (χ1v) is 8.09. The fraction of sp³-hybridized carbons (Fsp3) is 0.158. The van der Waals surface area contributed by atoms with E-state index < -0.39 is 23.8 Å². The second-order valence-corrected chi connectivity index (χ2v) is 5.81. The van der Waals surface area contributed by atoms with Crippen LogP contribution >= 0.6 is 0 Å². The number of aliphatic hydroxyl groups excluding tert-OH is 1. The monoisotopic (exact) mass is 375 g/mol. The number of hydrogen-bond acceptors (Lipinski definition) is 3. The van der Waals surface area contributed by atoms with Crippen LogP contribution < -0.4 is 5.32 Å². The molecule has 140 valence electrons. The summed E-state index contributed by atoms with van der Waals surface area (Å²) in [5, 5.41) is 16.7. The summed E-state index contributed by atoms with van der Waals surface area (Å²) in [5.74, 6) is -0.507. The maximum Gasteiger partial charge on any atom is 0.416 e. The number of nitrogens with zero attached hydrogens (tertiary/aromatic N) is 2. The Balaban J connectivity index is 1.71. The molecule has 5 nitrogen and oxygen atoms in total. The first kappa shape index (κ1) is 18.7. The smallest absolute Gasteiger partial charge is 0.387 e. The molecule has 27 heavy (non-hydrogen) atoms. The average molecular weight is 375 g/mol. The molecular weight excluding hydrogens is 359 g/mol. The Morgan fingerprint density at radius 1 is 1.15 bits per heavy atom. The van der Waals surface area contributed by atoms with Gasteiger partial charge >= 0.3 is 6.18 Å². The summed E-state index contributed by atoms with van der Waals surface area (Å²) in [5.41, 5.74) is -0.238. The predicted molar refractivity (Wildman–Crippen MR) is 92.3 cm³/mol. The molecule has 1 aromatic heterocycles. The quantitative estimate of drug-likeness (QED) is 0.719. The molecule has 0 saturated heterocycles. The van der Waals surface area contributed by atoms with Crippen LogP contribution in [0.4, 0.5) is 13.2 Å². The Morgan fingerprint density at radius 3 is 2.63 bits per heavy atom. The van der Waals surface area contributed by atoms with E-state index in [0.29, 0.717) is 11.3 Å². The Hall–Kier alpha value is -3.13. The van der Waals surface area contributed by atoms with Crippen molar-refractivity contribution in [3.8, 4) is 5.69 Å². The summed E-state index contributed by atoms with van der Waals surface area (Å²) in [7, 11) is 0. The molecule has 0 fully saturated rings. The molecular formula is C19H16F3N3O2. The molecule has 3 aromatic rings. The fourth-order valence-corrected chi connectivity index (χ4v) is 2.66. The number of amides is 1. The molecule has 1 unspecified atom stereocenters. The van der Waals surface area contributed by atoms with Gasteiger partial charge in [-0.25, -0.2) is 4.68 Å². The van der Waals surface area contributed by atoms with Gasteiger partial charge in [-0.1, -0.05) is 24.3 Å². The molecule has 2 aromatic carbocycles. The maximum atomic E-state index is 13.0. The molecule has 0 saturated carbocycles. The molecule has 1 amide bonds. The number of alkyl halides is 3. The van der Waals surface area contributed by atoms with Gasteiger partial charge in [-0.3, -0.25) is 4.79 Å².